The van der Waals surface area contributed by atoms with E-state index in [-0.39, 0.29) is 16.7 Å². The summed E-state index contributed by atoms with van der Waals surface area (Å²) in [6, 6.07) is 6.58. The number of nitrogens with zero attached hydrogens (tertiary/aromatic N) is 3. The Morgan fingerprint density at radius 2 is 1.71 bits per heavy atom. The minimum Gasteiger partial charge on any atom is -0.377 e. The van der Waals surface area contributed by atoms with E-state index in [1.807, 2.05) is 20.8 Å². The monoisotopic (exact) mass is 498 g/mol. The molecule has 4 rings (SSSR count). The zero-order valence-electron chi connectivity index (χ0n) is 20.2. The summed E-state index contributed by atoms with van der Waals surface area (Å²) in [5.74, 6) is -2.31. The molecule has 0 bridgehead atoms. The lowest BCUT2D eigenvalue weighted by atomic mass is 9.98. The van der Waals surface area contributed by atoms with Gasteiger partial charge in [-0.15, -0.1) is 0 Å². The van der Waals surface area contributed by atoms with Crippen molar-refractivity contribution in [1.82, 2.24) is 15.0 Å². The van der Waals surface area contributed by atoms with Crippen molar-refractivity contribution in [1.29, 1.82) is 0 Å². The molecule has 0 fully saturated rings. The first-order valence-corrected chi connectivity index (χ1v) is 13.8. The van der Waals surface area contributed by atoms with E-state index in [1.165, 1.54) is 24.5 Å². The van der Waals surface area contributed by atoms with Crippen molar-refractivity contribution in [2.24, 2.45) is 0 Å². The van der Waals surface area contributed by atoms with Gasteiger partial charge in [0.25, 0.3) is 0 Å². The largest absolute Gasteiger partial charge is 0.377 e. The fourth-order valence-electron chi connectivity index (χ4n) is 4.01. The van der Waals surface area contributed by atoms with Crippen molar-refractivity contribution >= 4 is 29.3 Å². The minimum absolute atomic E-state index is 0.212. The number of nitrogens with one attached hydrogen (secondary N) is 1. The van der Waals surface area contributed by atoms with E-state index in [0.717, 1.165) is 11.6 Å². The van der Waals surface area contributed by atoms with E-state index in [1.54, 1.807) is 25.5 Å². The van der Waals surface area contributed by atoms with E-state index in [0.29, 0.717) is 34.3 Å². The number of hydrogen-bond acceptors (Lipinski definition) is 5. The van der Waals surface area contributed by atoms with E-state index in [2.05, 4.69) is 20.3 Å². The lowest BCUT2D eigenvalue weighted by molar-refractivity contribution is 0.490. The van der Waals surface area contributed by atoms with Crippen molar-refractivity contribution in [3.63, 3.8) is 0 Å². The first-order chi connectivity index (χ1) is 16.5. The van der Waals surface area contributed by atoms with Crippen LogP contribution in [0.3, 0.4) is 0 Å². The number of pyridine rings is 1. The Labute approximate surface area is 202 Å². The number of hydrogen-bond donors (Lipinski definition) is 1. The Morgan fingerprint density at radius 3 is 2.34 bits per heavy atom. The molecule has 0 spiro atoms. The number of rotatable bonds is 6. The van der Waals surface area contributed by atoms with Crippen molar-refractivity contribution in [2.45, 2.75) is 33.2 Å². The SMILES string of the molecule is CC[C@@H](Nc1c(C)c(C)nc2cc(F)c(-c3cnc(P(C)(C)=O)nc3)cc12)c1cccc(F)c1F. The van der Waals surface area contributed by atoms with Crippen LogP contribution in [0, 0.1) is 31.3 Å². The van der Waals surface area contributed by atoms with Gasteiger partial charge in [-0.25, -0.2) is 23.1 Å². The summed E-state index contributed by atoms with van der Waals surface area (Å²) in [4.78, 5) is 12.9. The number of benzene rings is 2. The number of aryl methyl sites for hydroxylation is 1. The highest BCUT2D eigenvalue weighted by Crippen LogP contribution is 2.37. The molecule has 1 atom stereocenters. The molecule has 0 aliphatic heterocycles. The van der Waals surface area contributed by atoms with Crippen LogP contribution >= 0.6 is 7.14 Å². The average Bonchev–Trinajstić information content (AvgIpc) is 2.81. The van der Waals surface area contributed by atoms with Crippen molar-refractivity contribution in [2.75, 3.05) is 18.6 Å². The molecule has 0 unspecified atom stereocenters. The first-order valence-electron chi connectivity index (χ1n) is 11.2. The Bertz CT molecular complexity index is 1470. The zero-order chi connectivity index (χ0) is 25.5. The van der Waals surface area contributed by atoms with Gasteiger partial charge in [0.05, 0.1) is 11.6 Å². The Morgan fingerprint density at radius 1 is 1.03 bits per heavy atom. The summed E-state index contributed by atoms with van der Waals surface area (Å²) in [6.07, 6.45) is 3.38. The van der Waals surface area contributed by atoms with Crippen LogP contribution in [-0.2, 0) is 4.57 Å². The van der Waals surface area contributed by atoms with Gasteiger partial charge in [-0.2, -0.15) is 0 Å². The van der Waals surface area contributed by atoms with Crippen molar-refractivity contribution in [3.8, 4) is 11.1 Å². The van der Waals surface area contributed by atoms with Gasteiger partial charge in [0.2, 0.25) is 0 Å². The zero-order valence-corrected chi connectivity index (χ0v) is 21.1. The number of anilines is 1. The second kappa shape index (κ2) is 9.42. The van der Waals surface area contributed by atoms with Gasteiger partial charge in [-0.3, -0.25) is 4.98 Å². The van der Waals surface area contributed by atoms with Crippen LogP contribution in [0.1, 0.15) is 36.2 Å². The van der Waals surface area contributed by atoms with Gasteiger partial charge in [0.1, 0.15) is 13.0 Å². The third kappa shape index (κ3) is 4.80. The summed E-state index contributed by atoms with van der Waals surface area (Å²) < 4.78 is 55.9. The standard InChI is InChI=1S/C26H26F3N4OP/c1-6-22(17-8-7-9-20(27)24(17)29)33-25-14(2)15(3)32-23-11-21(28)18(10-19(23)25)16-12-30-26(31-13-16)35(4,5)34/h7-13,22H,6H2,1-5H3,(H,32,33)/t22-/m1/s1. The molecule has 0 saturated carbocycles. The molecule has 2 aromatic carbocycles. The molecule has 0 saturated heterocycles. The van der Waals surface area contributed by atoms with Gasteiger partial charge in [0.15, 0.2) is 17.2 Å². The maximum atomic E-state index is 15.1. The normalized spacial score (nSPS) is 12.7. The average molecular weight is 498 g/mol. The molecular formula is C26H26F3N4OP. The van der Waals surface area contributed by atoms with Gasteiger partial charge in [0, 0.05) is 51.9 Å². The summed E-state index contributed by atoms with van der Waals surface area (Å²) in [7, 11) is -2.65. The van der Waals surface area contributed by atoms with Crippen LogP contribution in [0.2, 0.25) is 0 Å². The highest BCUT2D eigenvalue weighted by Gasteiger charge is 2.21. The van der Waals surface area contributed by atoms with E-state index in [9.17, 15) is 13.3 Å². The smallest absolute Gasteiger partial charge is 0.188 e. The number of fused-ring (bicyclic) bond motifs is 1. The van der Waals surface area contributed by atoms with Crippen LogP contribution in [0.5, 0.6) is 0 Å². The highest BCUT2D eigenvalue weighted by molar-refractivity contribution is 7.69. The molecule has 0 radical (unpaired) electrons. The lowest BCUT2D eigenvalue weighted by Crippen LogP contribution is -2.14. The number of aromatic nitrogens is 3. The Balaban J connectivity index is 1.86. The third-order valence-electron chi connectivity index (χ3n) is 6.08. The molecular weight excluding hydrogens is 472 g/mol. The molecule has 0 aliphatic rings. The van der Waals surface area contributed by atoms with Crippen molar-refractivity contribution in [3.05, 3.63) is 77.0 Å². The third-order valence-corrected chi connectivity index (χ3v) is 7.27. The molecule has 4 aromatic rings. The van der Waals surface area contributed by atoms with Crippen LogP contribution in [0.4, 0.5) is 18.9 Å². The van der Waals surface area contributed by atoms with E-state index >= 15 is 4.39 Å². The molecule has 182 valence electrons. The Kier molecular flexibility index (Phi) is 6.69. The molecule has 0 aliphatic carbocycles. The molecule has 5 nitrogen and oxygen atoms in total. The lowest BCUT2D eigenvalue weighted by Gasteiger charge is -2.23. The summed E-state index contributed by atoms with van der Waals surface area (Å²) in [5.41, 5.74) is 3.71. The molecule has 2 heterocycles. The van der Waals surface area contributed by atoms with Gasteiger partial charge < -0.3 is 9.88 Å². The molecule has 0 amide bonds. The summed E-state index contributed by atoms with van der Waals surface area (Å²) in [5, 5.41) is 3.98. The van der Waals surface area contributed by atoms with Gasteiger partial charge in [-0.1, -0.05) is 19.1 Å². The van der Waals surface area contributed by atoms with E-state index in [4.69, 9.17) is 0 Å². The fraction of sp³-hybridized carbons (Fsp3) is 0.269. The predicted octanol–water partition coefficient (Wildman–Crippen LogP) is 6.54. The Hall–Kier alpha value is -3.25. The number of halogens is 3. The van der Waals surface area contributed by atoms with Crippen LogP contribution < -0.4 is 10.9 Å². The second-order valence-corrected chi connectivity index (χ2v) is 12.0. The molecule has 9 heteroatoms. The summed E-state index contributed by atoms with van der Waals surface area (Å²) >= 11 is 0. The maximum Gasteiger partial charge on any atom is 0.188 e. The topological polar surface area (TPSA) is 67.8 Å². The highest BCUT2D eigenvalue weighted by atomic mass is 31.2. The minimum atomic E-state index is -2.65. The molecule has 2 aromatic heterocycles. The van der Waals surface area contributed by atoms with Gasteiger partial charge in [-0.05, 0) is 51.3 Å². The summed E-state index contributed by atoms with van der Waals surface area (Å²) in [6.45, 7) is 8.70. The second-order valence-electron chi connectivity index (χ2n) is 8.92. The molecule has 35 heavy (non-hydrogen) atoms. The fourth-order valence-corrected chi connectivity index (χ4v) is 4.68. The first kappa shape index (κ1) is 24.9. The van der Waals surface area contributed by atoms with Crippen LogP contribution in [0.15, 0.2) is 42.7 Å². The van der Waals surface area contributed by atoms with Crippen molar-refractivity contribution < 1.29 is 17.7 Å². The quantitative estimate of drug-likeness (QED) is 0.306. The molecule has 1 N–H and O–H groups in total. The predicted molar refractivity (Wildman–Crippen MR) is 134 cm³/mol. The van der Waals surface area contributed by atoms with Crippen LogP contribution in [-0.4, -0.2) is 28.3 Å². The van der Waals surface area contributed by atoms with Gasteiger partial charge >= 0.3 is 0 Å². The van der Waals surface area contributed by atoms with Crippen LogP contribution in [0.25, 0.3) is 22.0 Å². The van der Waals surface area contributed by atoms with E-state index < -0.39 is 30.6 Å². The maximum absolute atomic E-state index is 15.1.